The molecule has 1 aliphatic carbocycles. The molecule has 2 aromatic rings. The van der Waals surface area contributed by atoms with Crippen LogP contribution in [0.15, 0.2) is 47.4 Å². The van der Waals surface area contributed by atoms with Gasteiger partial charge in [-0.15, -0.1) is 0 Å². The van der Waals surface area contributed by atoms with Gasteiger partial charge in [0.05, 0.1) is 10.5 Å². The zero-order valence-electron chi connectivity index (χ0n) is 17.4. The second-order valence-corrected chi connectivity index (χ2v) is 9.51. The second-order valence-electron chi connectivity index (χ2n) is 7.51. The molecule has 0 fully saturated rings. The Kier molecular flexibility index (Phi) is 6.48. The molecular weight excluding hydrogens is 413 g/mol. The standard InChI is InChI=1S/C22H27F3N2O2S/c1-4-27(5-2)18-13-17(22(23,24)25)14-19(15-18)30(28,29)26(3)21-12-8-10-16-9-6-7-11-20(16)21/h6-7,9,11,13-15,21H,4-5,8,10,12H2,1-3H3/t21-/m1/s1. The molecule has 1 atom stereocenters. The molecule has 0 aromatic heterocycles. The van der Waals surface area contributed by atoms with Gasteiger partial charge in [0.2, 0.25) is 10.0 Å². The first-order valence-corrected chi connectivity index (χ1v) is 11.6. The predicted octanol–water partition coefficient (Wildman–Crippen LogP) is 5.25. The molecule has 0 radical (unpaired) electrons. The van der Waals surface area contributed by atoms with Crippen molar-refractivity contribution in [2.75, 3.05) is 25.0 Å². The molecule has 0 unspecified atom stereocenters. The largest absolute Gasteiger partial charge is 0.416 e. The van der Waals surface area contributed by atoms with Gasteiger partial charge in [-0.25, -0.2) is 8.42 Å². The third-order valence-corrected chi connectivity index (χ3v) is 7.65. The van der Waals surface area contributed by atoms with Crippen molar-refractivity contribution in [3.63, 3.8) is 0 Å². The van der Waals surface area contributed by atoms with Crippen molar-refractivity contribution < 1.29 is 21.6 Å². The Labute approximate surface area is 176 Å². The summed E-state index contributed by atoms with van der Waals surface area (Å²) in [4.78, 5) is 1.38. The van der Waals surface area contributed by atoms with Crippen LogP contribution in [0.2, 0.25) is 0 Å². The van der Waals surface area contributed by atoms with Crippen molar-refractivity contribution in [2.24, 2.45) is 0 Å². The van der Waals surface area contributed by atoms with Crippen molar-refractivity contribution in [3.05, 3.63) is 59.2 Å². The summed E-state index contributed by atoms with van der Waals surface area (Å²) in [5.41, 5.74) is 1.31. The fourth-order valence-corrected chi connectivity index (χ4v) is 5.54. The average Bonchev–Trinajstić information content (AvgIpc) is 2.73. The summed E-state index contributed by atoms with van der Waals surface area (Å²) in [7, 11) is -2.67. The van der Waals surface area contributed by atoms with Crippen molar-refractivity contribution in [3.8, 4) is 0 Å². The molecule has 30 heavy (non-hydrogen) atoms. The third kappa shape index (κ3) is 4.34. The zero-order chi connectivity index (χ0) is 22.1. The van der Waals surface area contributed by atoms with Gasteiger partial charge in [0, 0.05) is 31.9 Å². The van der Waals surface area contributed by atoms with Crippen molar-refractivity contribution in [1.82, 2.24) is 4.31 Å². The summed E-state index contributed by atoms with van der Waals surface area (Å²) < 4.78 is 68.7. The van der Waals surface area contributed by atoms with Crippen LogP contribution in [0.5, 0.6) is 0 Å². The van der Waals surface area contributed by atoms with E-state index >= 15 is 0 Å². The van der Waals surface area contributed by atoms with E-state index in [0.717, 1.165) is 36.1 Å². The number of nitrogens with zero attached hydrogens (tertiary/aromatic N) is 2. The minimum atomic E-state index is -4.64. The van der Waals surface area contributed by atoms with Crippen molar-refractivity contribution in [1.29, 1.82) is 0 Å². The van der Waals surface area contributed by atoms with Crippen LogP contribution < -0.4 is 4.90 Å². The SMILES string of the molecule is CCN(CC)c1cc(C(F)(F)F)cc(S(=O)(=O)N(C)[C@@H]2CCCc3ccccc32)c1. The molecule has 164 valence electrons. The van der Waals surface area contributed by atoms with Crippen molar-refractivity contribution >= 4 is 15.7 Å². The first-order valence-electron chi connectivity index (χ1n) is 10.1. The van der Waals surface area contributed by atoms with E-state index < -0.39 is 27.8 Å². The molecule has 1 aliphatic rings. The fraction of sp³-hybridized carbons (Fsp3) is 0.455. The number of anilines is 1. The van der Waals surface area contributed by atoms with Gasteiger partial charge in [-0.1, -0.05) is 24.3 Å². The summed E-state index contributed by atoms with van der Waals surface area (Å²) >= 11 is 0. The fourth-order valence-electron chi connectivity index (χ4n) is 4.11. The molecule has 3 rings (SSSR count). The molecule has 0 saturated heterocycles. The van der Waals surface area contributed by atoms with Crippen LogP contribution in [-0.4, -0.2) is 32.9 Å². The molecule has 0 bridgehead atoms. The number of fused-ring (bicyclic) bond motifs is 1. The van der Waals surface area contributed by atoms with Gasteiger partial charge in [-0.3, -0.25) is 0 Å². The number of benzene rings is 2. The molecule has 0 saturated carbocycles. The lowest BCUT2D eigenvalue weighted by Gasteiger charge is -2.33. The number of hydrogen-bond donors (Lipinski definition) is 0. The first kappa shape index (κ1) is 22.6. The predicted molar refractivity (Wildman–Crippen MR) is 112 cm³/mol. The average molecular weight is 441 g/mol. The summed E-state index contributed by atoms with van der Waals surface area (Å²) in [6.07, 6.45) is -2.30. The smallest absolute Gasteiger partial charge is 0.372 e. The zero-order valence-corrected chi connectivity index (χ0v) is 18.2. The summed E-state index contributed by atoms with van der Waals surface area (Å²) in [5, 5.41) is 0. The van der Waals surface area contributed by atoms with Crippen LogP contribution in [-0.2, 0) is 22.6 Å². The Morgan fingerprint density at radius 1 is 1.07 bits per heavy atom. The minimum Gasteiger partial charge on any atom is -0.372 e. The van der Waals surface area contributed by atoms with Crippen molar-refractivity contribution in [2.45, 2.75) is 50.2 Å². The topological polar surface area (TPSA) is 40.6 Å². The third-order valence-electron chi connectivity index (χ3n) is 5.80. The Bertz CT molecular complexity index is 1000. The number of hydrogen-bond acceptors (Lipinski definition) is 3. The Morgan fingerprint density at radius 3 is 2.37 bits per heavy atom. The number of sulfonamides is 1. The van der Waals surface area contributed by atoms with E-state index in [9.17, 15) is 21.6 Å². The van der Waals surface area contributed by atoms with E-state index in [1.807, 2.05) is 38.1 Å². The van der Waals surface area contributed by atoms with E-state index in [1.165, 1.54) is 17.4 Å². The first-order chi connectivity index (χ1) is 14.1. The number of aryl methyl sites for hydroxylation is 1. The van der Waals surface area contributed by atoms with Crippen LogP contribution in [0.4, 0.5) is 18.9 Å². The lowest BCUT2D eigenvalue weighted by Crippen LogP contribution is -2.34. The highest BCUT2D eigenvalue weighted by Gasteiger charge is 2.36. The highest BCUT2D eigenvalue weighted by molar-refractivity contribution is 7.89. The number of rotatable bonds is 6. The highest BCUT2D eigenvalue weighted by Crippen LogP contribution is 2.39. The van der Waals surface area contributed by atoms with Gasteiger partial charge in [-0.05, 0) is 62.4 Å². The molecule has 0 heterocycles. The van der Waals surface area contributed by atoms with Gasteiger partial charge in [-0.2, -0.15) is 17.5 Å². The Hall–Kier alpha value is -2.06. The van der Waals surface area contributed by atoms with E-state index in [1.54, 1.807) is 4.90 Å². The molecular formula is C22H27F3N2O2S. The van der Waals surface area contributed by atoms with Gasteiger partial charge in [0.25, 0.3) is 0 Å². The van der Waals surface area contributed by atoms with E-state index in [0.29, 0.717) is 19.5 Å². The molecule has 4 nitrogen and oxygen atoms in total. The Balaban J connectivity index is 2.08. The van der Waals surface area contributed by atoms with Gasteiger partial charge < -0.3 is 4.90 Å². The quantitative estimate of drug-likeness (QED) is 0.616. The number of alkyl halides is 3. The molecule has 0 N–H and O–H groups in total. The lowest BCUT2D eigenvalue weighted by atomic mass is 9.88. The number of halogens is 3. The summed E-state index contributed by atoms with van der Waals surface area (Å²) in [6.45, 7) is 4.60. The second kappa shape index (κ2) is 8.59. The van der Waals surface area contributed by atoms with Gasteiger partial charge >= 0.3 is 6.18 Å². The maximum absolute atomic E-state index is 13.5. The molecule has 0 spiro atoms. The van der Waals surface area contributed by atoms with E-state index in [2.05, 4.69) is 0 Å². The summed E-state index contributed by atoms with van der Waals surface area (Å²) in [6, 6.07) is 10.4. The Morgan fingerprint density at radius 2 is 1.73 bits per heavy atom. The molecule has 8 heteroatoms. The maximum Gasteiger partial charge on any atom is 0.416 e. The summed E-state index contributed by atoms with van der Waals surface area (Å²) in [5.74, 6) is 0. The van der Waals surface area contributed by atoms with Crippen LogP contribution in [0.3, 0.4) is 0 Å². The molecule has 0 amide bonds. The van der Waals surface area contributed by atoms with E-state index in [4.69, 9.17) is 0 Å². The van der Waals surface area contributed by atoms with E-state index in [-0.39, 0.29) is 10.6 Å². The van der Waals surface area contributed by atoms with Crippen LogP contribution >= 0.6 is 0 Å². The normalized spacial score (nSPS) is 17.1. The van der Waals surface area contributed by atoms with Gasteiger partial charge in [0.15, 0.2) is 0 Å². The monoisotopic (exact) mass is 440 g/mol. The van der Waals surface area contributed by atoms with Crippen LogP contribution in [0.1, 0.15) is 49.4 Å². The minimum absolute atomic E-state index is 0.255. The molecule has 0 aliphatic heterocycles. The highest BCUT2D eigenvalue weighted by atomic mass is 32.2. The van der Waals surface area contributed by atoms with Gasteiger partial charge in [0.1, 0.15) is 0 Å². The van der Waals surface area contributed by atoms with Crippen LogP contribution in [0, 0.1) is 0 Å². The lowest BCUT2D eigenvalue weighted by molar-refractivity contribution is -0.137. The van der Waals surface area contributed by atoms with Crippen LogP contribution in [0.25, 0.3) is 0 Å². The maximum atomic E-state index is 13.5. The molecule has 2 aromatic carbocycles.